The zero-order chi connectivity index (χ0) is 10.3. The molecule has 1 aliphatic rings. The Morgan fingerprint density at radius 3 is 2.79 bits per heavy atom. The van der Waals surface area contributed by atoms with Crippen molar-refractivity contribution in [3.8, 4) is 0 Å². The molecule has 0 N–H and O–H groups in total. The standard InChI is InChI=1S/C12H13BrO/c1-12(2)6-5-11(14)9-4-3-8(13)7-10(9)12/h3-4,7H,5-6H2,1-2H3. The summed E-state index contributed by atoms with van der Waals surface area (Å²) in [6.07, 6.45) is 1.64. The monoisotopic (exact) mass is 252 g/mol. The second-order valence-corrected chi connectivity index (χ2v) is 5.41. The van der Waals surface area contributed by atoms with Crippen LogP contribution in [0.4, 0.5) is 0 Å². The van der Waals surface area contributed by atoms with Gasteiger partial charge in [0.25, 0.3) is 0 Å². The van der Waals surface area contributed by atoms with Crippen LogP contribution in [0.1, 0.15) is 42.6 Å². The van der Waals surface area contributed by atoms with Crippen LogP contribution in [0.2, 0.25) is 0 Å². The van der Waals surface area contributed by atoms with Gasteiger partial charge in [-0.3, -0.25) is 4.79 Å². The average molecular weight is 253 g/mol. The van der Waals surface area contributed by atoms with Crippen molar-refractivity contribution in [3.05, 3.63) is 33.8 Å². The molecule has 0 saturated carbocycles. The Kier molecular flexibility index (Phi) is 2.26. The molecule has 0 amide bonds. The lowest BCUT2D eigenvalue weighted by Crippen LogP contribution is -2.27. The molecule has 1 aromatic carbocycles. The first-order valence-electron chi connectivity index (χ1n) is 4.84. The molecule has 1 aromatic rings. The molecule has 0 bridgehead atoms. The lowest BCUT2D eigenvalue weighted by Gasteiger charge is -2.31. The zero-order valence-electron chi connectivity index (χ0n) is 8.43. The number of hydrogen-bond acceptors (Lipinski definition) is 1. The van der Waals surface area contributed by atoms with Crippen LogP contribution in [-0.4, -0.2) is 5.78 Å². The number of carbonyl (C=O) groups is 1. The van der Waals surface area contributed by atoms with Gasteiger partial charge in [0.15, 0.2) is 5.78 Å². The number of fused-ring (bicyclic) bond motifs is 1. The normalized spacial score (nSPS) is 19.2. The Balaban J connectivity index is 2.64. The van der Waals surface area contributed by atoms with Crippen LogP contribution in [0.25, 0.3) is 0 Å². The Morgan fingerprint density at radius 2 is 2.07 bits per heavy atom. The van der Waals surface area contributed by atoms with Crippen molar-refractivity contribution in [2.45, 2.75) is 32.1 Å². The Labute approximate surface area is 92.6 Å². The van der Waals surface area contributed by atoms with Crippen molar-refractivity contribution in [1.82, 2.24) is 0 Å². The maximum Gasteiger partial charge on any atom is 0.163 e. The van der Waals surface area contributed by atoms with Gasteiger partial charge in [0.1, 0.15) is 0 Å². The summed E-state index contributed by atoms with van der Waals surface area (Å²) in [7, 11) is 0. The largest absolute Gasteiger partial charge is 0.294 e. The summed E-state index contributed by atoms with van der Waals surface area (Å²) < 4.78 is 1.05. The van der Waals surface area contributed by atoms with Crippen LogP contribution in [0.3, 0.4) is 0 Å². The van der Waals surface area contributed by atoms with E-state index in [4.69, 9.17) is 0 Å². The van der Waals surface area contributed by atoms with Crippen molar-refractivity contribution in [2.75, 3.05) is 0 Å². The Bertz CT molecular complexity index is 393. The molecule has 1 nitrogen and oxygen atoms in total. The average Bonchev–Trinajstić information content (AvgIpc) is 2.12. The maximum atomic E-state index is 11.7. The van der Waals surface area contributed by atoms with Crippen molar-refractivity contribution in [2.24, 2.45) is 0 Å². The van der Waals surface area contributed by atoms with Crippen molar-refractivity contribution >= 4 is 21.7 Å². The predicted molar refractivity (Wildman–Crippen MR) is 60.7 cm³/mol. The van der Waals surface area contributed by atoms with Gasteiger partial charge < -0.3 is 0 Å². The number of halogens is 1. The molecule has 0 aromatic heterocycles. The molecule has 0 aliphatic heterocycles. The van der Waals surface area contributed by atoms with Crippen LogP contribution in [0.5, 0.6) is 0 Å². The summed E-state index contributed by atoms with van der Waals surface area (Å²) in [5.74, 6) is 0.284. The first-order valence-corrected chi connectivity index (χ1v) is 5.63. The highest BCUT2D eigenvalue weighted by Crippen LogP contribution is 2.37. The van der Waals surface area contributed by atoms with Crippen molar-refractivity contribution < 1.29 is 4.79 Å². The second kappa shape index (κ2) is 3.20. The molecule has 0 saturated heterocycles. The summed E-state index contributed by atoms with van der Waals surface area (Å²) in [6, 6.07) is 5.95. The van der Waals surface area contributed by atoms with Crippen molar-refractivity contribution in [1.29, 1.82) is 0 Å². The van der Waals surface area contributed by atoms with E-state index in [-0.39, 0.29) is 11.2 Å². The van der Waals surface area contributed by atoms with E-state index in [2.05, 4.69) is 35.8 Å². The summed E-state index contributed by atoms with van der Waals surface area (Å²) in [5.41, 5.74) is 2.22. The zero-order valence-corrected chi connectivity index (χ0v) is 10.0. The SMILES string of the molecule is CC1(C)CCC(=O)c2ccc(Br)cc21. The molecule has 14 heavy (non-hydrogen) atoms. The number of carbonyl (C=O) groups excluding carboxylic acids is 1. The third-order valence-electron chi connectivity index (χ3n) is 2.99. The van der Waals surface area contributed by atoms with Crippen LogP contribution >= 0.6 is 15.9 Å². The Hall–Kier alpha value is -0.630. The molecular weight excluding hydrogens is 240 g/mol. The minimum absolute atomic E-state index is 0.132. The summed E-state index contributed by atoms with van der Waals surface area (Å²) >= 11 is 3.45. The van der Waals surface area contributed by atoms with E-state index in [0.717, 1.165) is 16.5 Å². The molecule has 0 unspecified atom stereocenters. The molecule has 0 spiro atoms. The first-order chi connectivity index (χ1) is 6.50. The topological polar surface area (TPSA) is 17.1 Å². The molecular formula is C12H13BrO. The van der Waals surface area contributed by atoms with E-state index in [9.17, 15) is 4.79 Å². The molecule has 2 heteroatoms. The maximum absolute atomic E-state index is 11.7. The molecule has 0 radical (unpaired) electrons. The van der Waals surface area contributed by atoms with E-state index >= 15 is 0 Å². The van der Waals surface area contributed by atoms with Gasteiger partial charge in [0.05, 0.1) is 0 Å². The minimum Gasteiger partial charge on any atom is -0.294 e. The number of Topliss-reactive ketones (excluding diaryl/α,β-unsaturated/α-hetero) is 1. The summed E-state index contributed by atoms with van der Waals surface area (Å²) in [5, 5.41) is 0. The molecule has 0 heterocycles. The predicted octanol–water partition coefficient (Wildman–Crippen LogP) is 3.70. The Morgan fingerprint density at radius 1 is 1.36 bits per heavy atom. The van der Waals surface area contributed by atoms with Crippen LogP contribution in [0, 0.1) is 0 Å². The lowest BCUT2D eigenvalue weighted by molar-refractivity contribution is 0.0956. The van der Waals surface area contributed by atoms with Crippen LogP contribution in [-0.2, 0) is 5.41 Å². The number of rotatable bonds is 0. The van der Waals surface area contributed by atoms with E-state index < -0.39 is 0 Å². The fraction of sp³-hybridized carbons (Fsp3) is 0.417. The van der Waals surface area contributed by atoms with Gasteiger partial charge in [0, 0.05) is 16.5 Å². The summed E-state index contributed by atoms with van der Waals surface area (Å²) in [4.78, 5) is 11.7. The number of ketones is 1. The third-order valence-corrected chi connectivity index (χ3v) is 3.48. The molecule has 1 aliphatic carbocycles. The number of hydrogen-bond donors (Lipinski definition) is 0. The fourth-order valence-electron chi connectivity index (χ4n) is 2.01. The van der Waals surface area contributed by atoms with E-state index in [0.29, 0.717) is 6.42 Å². The molecule has 2 rings (SSSR count). The third kappa shape index (κ3) is 1.52. The lowest BCUT2D eigenvalue weighted by atomic mass is 9.72. The highest BCUT2D eigenvalue weighted by Gasteiger charge is 2.31. The highest BCUT2D eigenvalue weighted by atomic mass is 79.9. The first kappa shape index (κ1) is 9.91. The van der Waals surface area contributed by atoms with Gasteiger partial charge in [-0.25, -0.2) is 0 Å². The van der Waals surface area contributed by atoms with Gasteiger partial charge in [-0.05, 0) is 35.6 Å². The highest BCUT2D eigenvalue weighted by molar-refractivity contribution is 9.10. The summed E-state index contributed by atoms with van der Waals surface area (Å²) in [6.45, 7) is 4.40. The van der Waals surface area contributed by atoms with E-state index in [1.54, 1.807) is 0 Å². The van der Waals surface area contributed by atoms with Crippen LogP contribution < -0.4 is 0 Å². The van der Waals surface area contributed by atoms with Gasteiger partial charge in [0.2, 0.25) is 0 Å². The smallest absolute Gasteiger partial charge is 0.163 e. The minimum atomic E-state index is 0.132. The quantitative estimate of drug-likeness (QED) is 0.688. The van der Waals surface area contributed by atoms with Gasteiger partial charge in [-0.2, -0.15) is 0 Å². The van der Waals surface area contributed by atoms with Crippen LogP contribution in [0.15, 0.2) is 22.7 Å². The number of benzene rings is 1. The second-order valence-electron chi connectivity index (χ2n) is 4.50. The van der Waals surface area contributed by atoms with E-state index in [1.807, 2.05) is 12.1 Å². The fourth-order valence-corrected chi connectivity index (χ4v) is 2.38. The van der Waals surface area contributed by atoms with Gasteiger partial charge in [-0.1, -0.05) is 29.8 Å². The van der Waals surface area contributed by atoms with Gasteiger partial charge >= 0.3 is 0 Å². The van der Waals surface area contributed by atoms with Gasteiger partial charge in [-0.15, -0.1) is 0 Å². The molecule has 0 atom stereocenters. The van der Waals surface area contributed by atoms with E-state index in [1.165, 1.54) is 5.56 Å². The molecule has 74 valence electrons. The molecule has 0 fully saturated rings. The van der Waals surface area contributed by atoms with Crippen molar-refractivity contribution in [3.63, 3.8) is 0 Å².